The fraction of sp³-hybridized carbons (Fsp3) is 0.308. The van der Waals surface area contributed by atoms with Crippen LogP contribution in [0.15, 0.2) is 29.1 Å². The number of carbonyl (C=O) groups is 1. The van der Waals surface area contributed by atoms with Gasteiger partial charge in [0.15, 0.2) is 11.7 Å². The highest BCUT2D eigenvalue weighted by Crippen LogP contribution is 2.22. The summed E-state index contributed by atoms with van der Waals surface area (Å²) in [7, 11) is 0. The van der Waals surface area contributed by atoms with Crippen molar-refractivity contribution in [3.05, 3.63) is 30.5 Å². The Hall–Kier alpha value is -2.17. The van der Waals surface area contributed by atoms with Gasteiger partial charge in [0, 0.05) is 24.6 Å². The Morgan fingerprint density at radius 1 is 1.33 bits per heavy atom. The number of rotatable bonds is 3. The third-order valence-electron chi connectivity index (χ3n) is 2.44. The number of nitrogens with zero attached hydrogens (tertiary/aromatic N) is 2. The Kier molecular flexibility index (Phi) is 3.41. The van der Waals surface area contributed by atoms with Gasteiger partial charge in [-0.25, -0.2) is 4.98 Å². The van der Waals surface area contributed by atoms with Gasteiger partial charge < -0.3 is 9.73 Å². The van der Waals surface area contributed by atoms with E-state index in [1.165, 1.54) is 0 Å². The predicted molar refractivity (Wildman–Crippen MR) is 67.9 cm³/mol. The smallest absolute Gasteiger partial charge is 0.226 e. The molecule has 2 heterocycles. The van der Waals surface area contributed by atoms with E-state index in [0.29, 0.717) is 17.3 Å². The molecule has 18 heavy (non-hydrogen) atoms. The van der Waals surface area contributed by atoms with Gasteiger partial charge in [-0.15, -0.1) is 0 Å². The van der Waals surface area contributed by atoms with Crippen molar-refractivity contribution >= 4 is 11.6 Å². The third kappa shape index (κ3) is 2.74. The van der Waals surface area contributed by atoms with Crippen LogP contribution in [0.5, 0.6) is 0 Å². The van der Waals surface area contributed by atoms with Gasteiger partial charge >= 0.3 is 0 Å². The van der Waals surface area contributed by atoms with Crippen LogP contribution >= 0.6 is 0 Å². The lowest BCUT2D eigenvalue weighted by atomic mass is 10.2. The lowest BCUT2D eigenvalue weighted by Crippen LogP contribution is -2.17. The first-order valence-corrected chi connectivity index (χ1v) is 5.75. The Labute approximate surface area is 105 Å². The molecule has 0 aliphatic heterocycles. The minimum absolute atomic E-state index is 0.0392. The number of amides is 1. The number of aromatic nitrogens is 2. The van der Waals surface area contributed by atoms with Crippen LogP contribution in [0.25, 0.3) is 11.3 Å². The van der Waals surface area contributed by atoms with Gasteiger partial charge in [-0.1, -0.05) is 13.8 Å². The zero-order chi connectivity index (χ0) is 13.1. The van der Waals surface area contributed by atoms with Crippen molar-refractivity contribution in [2.45, 2.75) is 20.8 Å². The molecule has 0 saturated carbocycles. The second-order valence-electron chi connectivity index (χ2n) is 4.35. The molecule has 0 radical (unpaired) electrons. The van der Waals surface area contributed by atoms with E-state index in [2.05, 4.69) is 15.3 Å². The summed E-state index contributed by atoms with van der Waals surface area (Å²) in [5, 5.41) is 2.79. The average molecular weight is 245 g/mol. The maximum absolute atomic E-state index is 11.6. The van der Waals surface area contributed by atoms with Crippen LogP contribution in [0.4, 0.5) is 5.69 Å². The molecule has 0 atom stereocenters. The van der Waals surface area contributed by atoms with Gasteiger partial charge in [0.1, 0.15) is 0 Å². The van der Waals surface area contributed by atoms with Crippen molar-refractivity contribution in [3.8, 4) is 11.3 Å². The van der Waals surface area contributed by atoms with Crippen LogP contribution in [0.3, 0.4) is 0 Å². The number of hydrogen-bond acceptors (Lipinski definition) is 4. The summed E-state index contributed by atoms with van der Waals surface area (Å²) in [4.78, 5) is 19.7. The molecule has 0 aliphatic carbocycles. The molecule has 2 rings (SSSR count). The number of nitrogens with one attached hydrogen (secondary N) is 1. The van der Waals surface area contributed by atoms with Crippen molar-refractivity contribution in [1.82, 2.24) is 9.97 Å². The molecular formula is C13H15N3O2. The molecule has 2 aromatic rings. The standard InChI is InChI=1S/C13H15N3O2/c1-8(2)13(17)16-11-4-10(5-14-6-11)12-7-15-9(3)18-12/h4-8H,1-3H3,(H,16,17). The minimum Gasteiger partial charge on any atom is -0.441 e. The predicted octanol–water partition coefficient (Wildman–Crippen LogP) is 2.64. The van der Waals surface area contributed by atoms with E-state index in [1.807, 2.05) is 19.9 Å². The Morgan fingerprint density at radius 2 is 2.11 bits per heavy atom. The summed E-state index contributed by atoms with van der Waals surface area (Å²) in [6.45, 7) is 5.46. The van der Waals surface area contributed by atoms with E-state index in [-0.39, 0.29) is 11.8 Å². The highest BCUT2D eigenvalue weighted by atomic mass is 16.4. The van der Waals surface area contributed by atoms with Gasteiger partial charge in [0.05, 0.1) is 18.1 Å². The Bertz CT molecular complexity index is 561. The molecule has 94 valence electrons. The topological polar surface area (TPSA) is 68.0 Å². The maximum atomic E-state index is 11.6. The van der Waals surface area contributed by atoms with Crippen LogP contribution in [0.2, 0.25) is 0 Å². The van der Waals surface area contributed by atoms with E-state index >= 15 is 0 Å². The molecule has 0 spiro atoms. The number of anilines is 1. The minimum atomic E-state index is -0.0684. The first-order chi connectivity index (χ1) is 8.56. The van der Waals surface area contributed by atoms with Gasteiger partial charge in [0.25, 0.3) is 0 Å². The van der Waals surface area contributed by atoms with Gasteiger partial charge in [-0.2, -0.15) is 0 Å². The molecule has 0 aliphatic rings. The van der Waals surface area contributed by atoms with Crippen molar-refractivity contribution in [2.24, 2.45) is 5.92 Å². The number of pyridine rings is 1. The van der Waals surface area contributed by atoms with Crippen LogP contribution in [0, 0.1) is 12.8 Å². The second-order valence-corrected chi connectivity index (χ2v) is 4.35. The number of hydrogen-bond donors (Lipinski definition) is 1. The van der Waals surface area contributed by atoms with E-state index in [9.17, 15) is 4.79 Å². The van der Waals surface area contributed by atoms with E-state index in [4.69, 9.17) is 4.42 Å². The molecular weight excluding hydrogens is 230 g/mol. The van der Waals surface area contributed by atoms with Crippen LogP contribution < -0.4 is 5.32 Å². The van der Waals surface area contributed by atoms with Gasteiger partial charge in [-0.05, 0) is 6.07 Å². The average Bonchev–Trinajstić information content (AvgIpc) is 2.76. The number of aryl methyl sites for hydroxylation is 1. The van der Waals surface area contributed by atoms with E-state index in [0.717, 1.165) is 5.56 Å². The summed E-state index contributed by atoms with van der Waals surface area (Å²) in [5.41, 5.74) is 1.44. The fourth-order valence-corrected chi connectivity index (χ4v) is 1.42. The second kappa shape index (κ2) is 5.00. The van der Waals surface area contributed by atoms with E-state index in [1.54, 1.807) is 25.5 Å². The Balaban J connectivity index is 2.23. The highest BCUT2D eigenvalue weighted by molar-refractivity contribution is 5.92. The molecule has 1 amide bonds. The van der Waals surface area contributed by atoms with Crippen molar-refractivity contribution in [2.75, 3.05) is 5.32 Å². The first-order valence-electron chi connectivity index (χ1n) is 5.75. The first kappa shape index (κ1) is 12.3. The summed E-state index contributed by atoms with van der Waals surface area (Å²) >= 11 is 0. The molecule has 0 unspecified atom stereocenters. The fourth-order valence-electron chi connectivity index (χ4n) is 1.42. The SMILES string of the molecule is Cc1ncc(-c2cncc(NC(=O)C(C)C)c2)o1. The lowest BCUT2D eigenvalue weighted by molar-refractivity contribution is -0.118. The summed E-state index contributed by atoms with van der Waals surface area (Å²) in [6.07, 6.45) is 4.92. The molecule has 5 heteroatoms. The largest absolute Gasteiger partial charge is 0.441 e. The molecule has 2 aromatic heterocycles. The van der Waals surface area contributed by atoms with Crippen LogP contribution in [-0.2, 0) is 4.79 Å². The molecule has 0 aromatic carbocycles. The lowest BCUT2D eigenvalue weighted by Gasteiger charge is -2.07. The zero-order valence-electron chi connectivity index (χ0n) is 10.6. The van der Waals surface area contributed by atoms with Crippen molar-refractivity contribution in [3.63, 3.8) is 0 Å². The highest BCUT2D eigenvalue weighted by Gasteiger charge is 2.09. The molecule has 1 N–H and O–H groups in total. The molecule has 0 fully saturated rings. The van der Waals surface area contributed by atoms with Crippen molar-refractivity contribution in [1.29, 1.82) is 0 Å². The normalized spacial score (nSPS) is 10.7. The van der Waals surface area contributed by atoms with Crippen LogP contribution in [0.1, 0.15) is 19.7 Å². The monoisotopic (exact) mass is 245 g/mol. The maximum Gasteiger partial charge on any atom is 0.226 e. The summed E-state index contributed by atoms with van der Waals surface area (Å²) in [5.74, 6) is 1.13. The quantitative estimate of drug-likeness (QED) is 0.902. The molecule has 5 nitrogen and oxygen atoms in total. The number of carbonyl (C=O) groups excluding carboxylic acids is 1. The third-order valence-corrected chi connectivity index (χ3v) is 2.44. The van der Waals surface area contributed by atoms with E-state index < -0.39 is 0 Å². The zero-order valence-corrected chi connectivity index (χ0v) is 10.6. The Morgan fingerprint density at radius 3 is 2.72 bits per heavy atom. The van der Waals surface area contributed by atoms with Gasteiger partial charge in [-0.3, -0.25) is 9.78 Å². The van der Waals surface area contributed by atoms with Crippen LogP contribution in [-0.4, -0.2) is 15.9 Å². The van der Waals surface area contributed by atoms with Crippen molar-refractivity contribution < 1.29 is 9.21 Å². The molecule has 0 bridgehead atoms. The summed E-state index contributed by atoms with van der Waals surface area (Å²) in [6, 6.07) is 1.81. The number of oxazole rings is 1. The van der Waals surface area contributed by atoms with Gasteiger partial charge in [0.2, 0.25) is 5.91 Å². The summed E-state index contributed by atoms with van der Waals surface area (Å²) < 4.78 is 5.41. The molecule has 0 saturated heterocycles.